The zero-order valence-corrected chi connectivity index (χ0v) is 18.3. The number of hydrazine groups is 1. The number of aryl methyl sites for hydroxylation is 1. The molecule has 0 aliphatic heterocycles. The highest BCUT2D eigenvalue weighted by molar-refractivity contribution is 7.22. The number of fused-ring (bicyclic) bond motifs is 1. The summed E-state index contributed by atoms with van der Waals surface area (Å²) in [6.07, 6.45) is 0.998. The van der Waals surface area contributed by atoms with E-state index in [0.717, 1.165) is 22.1 Å². The maximum absolute atomic E-state index is 12.2. The van der Waals surface area contributed by atoms with Gasteiger partial charge in [0.05, 0.1) is 26.5 Å². The van der Waals surface area contributed by atoms with Crippen LogP contribution in [0.25, 0.3) is 10.2 Å². The standard InChI is InChI=1S/C20H16N8O5S/c1-11-2-7-14-15(8-11)34-20(23-14)24-18-17(28(32)33)19(22-10-21-18)26-25-16(29)9-12-3-5-13(6-4-12)27(30)31/h2-8,10H,9H2,1H3,(H,25,29)(H2,21,22,23,24,26). The number of nitro groups is 2. The fraction of sp³-hybridized carbons (Fsp3) is 0.100. The van der Waals surface area contributed by atoms with Gasteiger partial charge < -0.3 is 5.32 Å². The monoisotopic (exact) mass is 480 g/mol. The molecule has 2 aromatic carbocycles. The Bertz CT molecular complexity index is 1410. The van der Waals surface area contributed by atoms with E-state index in [2.05, 4.69) is 31.1 Å². The summed E-state index contributed by atoms with van der Waals surface area (Å²) in [4.78, 5) is 45.7. The second kappa shape index (κ2) is 9.41. The van der Waals surface area contributed by atoms with Crippen molar-refractivity contribution >= 4 is 55.6 Å². The van der Waals surface area contributed by atoms with Crippen molar-refractivity contribution in [2.75, 3.05) is 10.7 Å². The molecule has 0 aliphatic carbocycles. The van der Waals surface area contributed by atoms with E-state index < -0.39 is 21.4 Å². The highest BCUT2D eigenvalue weighted by atomic mass is 32.1. The minimum Gasteiger partial charge on any atom is -0.310 e. The third kappa shape index (κ3) is 5.02. The molecule has 172 valence electrons. The molecule has 2 aromatic heterocycles. The number of benzene rings is 2. The Labute approximate surface area is 195 Å². The number of hydrogen-bond donors (Lipinski definition) is 3. The molecule has 3 N–H and O–H groups in total. The average Bonchev–Trinajstić information content (AvgIpc) is 3.19. The number of hydrogen-bond acceptors (Lipinski definition) is 11. The van der Waals surface area contributed by atoms with Crippen LogP contribution in [0.2, 0.25) is 0 Å². The zero-order chi connectivity index (χ0) is 24.2. The van der Waals surface area contributed by atoms with Gasteiger partial charge in [-0.3, -0.25) is 35.9 Å². The quantitative estimate of drug-likeness (QED) is 0.249. The van der Waals surface area contributed by atoms with E-state index in [1.165, 1.54) is 35.6 Å². The first-order chi connectivity index (χ1) is 16.3. The minimum absolute atomic E-state index is 0.0945. The molecular formula is C20H16N8O5S. The van der Waals surface area contributed by atoms with Gasteiger partial charge in [0.15, 0.2) is 5.13 Å². The zero-order valence-electron chi connectivity index (χ0n) is 17.5. The second-order valence-electron chi connectivity index (χ2n) is 7.07. The van der Waals surface area contributed by atoms with Crippen LogP contribution in [0, 0.1) is 27.2 Å². The largest absolute Gasteiger partial charge is 0.355 e. The molecule has 4 rings (SSSR count). The molecule has 14 heteroatoms. The molecule has 34 heavy (non-hydrogen) atoms. The summed E-state index contributed by atoms with van der Waals surface area (Å²) in [6, 6.07) is 11.2. The summed E-state index contributed by atoms with van der Waals surface area (Å²) in [5, 5.41) is 25.7. The van der Waals surface area contributed by atoms with Crippen molar-refractivity contribution in [3.05, 3.63) is 80.1 Å². The summed E-state index contributed by atoms with van der Waals surface area (Å²) in [5.74, 6) is -0.850. The van der Waals surface area contributed by atoms with E-state index in [4.69, 9.17) is 0 Å². The highest BCUT2D eigenvalue weighted by Gasteiger charge is 2.24. The maximum Gasteiger partial charge on any atom is 0.355 e. The lowest BCUT2D eigenvalue weighted by molar-refractivity contribution is -0.384. The van der Waals surface area contributed by atoms with Crippen LogP contribution in [-0.2, 0) is 11.2 Å². The Morgan fingerprint density at radius 3 is 2.47 bits per heavy atom. The number of non-ortho nitro benzene ring substituents is 1. The average molecular weight is 480 g/mol. The first kappa shape index (κ1) is 22.5. The Balaban J connectivity index is 1.48. The lowest BCUT2D eigenvalue weighted by atomic mass is 10.1. The Morgan fingerprint density at radius 1 is 1.03 bits per heavy atom. The Hall–Kier alpha value is -4.72. The lowest BCUT2D eigenvalue weighted by Gasteiger charge is -2.10. The van der Waals surface area contributed by atoms with Crippen LogP contribution in [0.3, 0.4) is 0 Å². The molecule has 2 heterocycles. The number of amides is 1. The van der Waals surface area contributed by atoms with Gasteiger partial charge in [-0.2, -0.15) is 0 Å². The fourth-order valence-corrected chi connectivity index (χ4v) is 3.98. The number of anilines is 3. The number of rotatable bonds is 8. The SMILES string of the molecule is Cc1ccc2nc(Nc3ncnc(NNC(=O)Cc4ccc([N+](=O)[O-])cc4)c3[N+](=O)[O-])sc2c1. The smallest absolute Gasteiger partial charge is 0.310 e. The van der Waals surface area contributed by atoms with Crippen LogP contribution in [0.15, 0.2) is 48.8 Å². The van der Waals surface area contributed by atoms with E-state index in [1.54, 1.807) is 0 Å². The van der Waals surface area contributed by atoms with Gasteiger partial charge in [-0.15, -0.1) is 0 Å². The van der Waals surface area contributed by atoms with Crippen LogP contribution < -0.4 is 16.2 Å². The minimum atomic E-state index is -0.676. The van der Waals surface area contributed by atoms with Crippen LogP contribution in [0.4, 0.5) is 28.1 Å². The lowest BCUT2D eigenvalue weighted by Crippen LogP contribution is -2.31. The second-order valence-corrected chi connectivity index (χ2v) is 8.10. The summed E-state index contributed by atoms with van der Waals surface area (Å²) >= 11 is 1.32. The molecule has 4 aromatic rings. The summed E-state index contributed by atoms with van der Waals surface area (Å²) < 4.78 is 0.913. The van der Waals surface area contributed by atoms with Gasteiger partial charge >= 0.3 is 5.69 Å². The number of carbonyl (C=O) groups excluding carboxylic acids is 1. The predicted octanol–water partition coefficient (Wildman–Crippen LogP) is 3.64. The van der Waals surface area contributed by atoms with Gasteiger partial charge in [0.25, 0.3) is 5.69 Å². The van der Waals surface area contributed by atoms with Gasteiger partial charge in [0.2, 0.25) is 17.5 Å². The first-order valence-electron chi connectivity index (χ1n) is 9.72. The van der Waals surface area contributed by atoms with Gasteiger partial charge in [0.1, 0.15) is 6.33 Å². The van der Waals surface area contributed by atoms with Crippen molar-refractivity contribution in [1.29, 1.82) is 0 Å². The van der Waals surface area contributed by atoms with Gasteiger partial charge in [-0.25, -0.2) is 15.0 Å². The van der Waals surface area contributed by atoms with Gasteiger partial charge in [-0.05, 0) is 30.2 Å². The fourth-order valence-electron chi connectivity index (χ4n) is 3.02. The number of nitro benzene ring substituents is 1. The molecule has 0 bridgehead atoms. The molecule has 13 nitrogen and oxygen atoms in total. The van der Waals surface area contributed by atoms with Crippen molar-refractivity contribution in [3.8, 4) is 0 Å². The van der Waals surface area contributed by atoms with Gasteiger partial charge in [-0.1, -0.05) is 29.5 Å². The molecule has 1 amide bonds. The van der Waals surface area contributed by atoms with Crippen molar-refractivity contribution < 1.29 is 14.6 Å². The van der Waals surface area contributed by atoms with E-state index in [-0.39, 0.29) is 23.7 Å². The number of carbonyl (C=O) groups is 1. The molecule has 0 atom stereocenters. The van der Waals surface area contributed by atoms with Crippen molar-refractivity contribution in [1.82, 2.24) is 20.4 Å². The predicted molar refractivity (Wildman–Crippen MR) is 125 cm³/mol. The molecule has 0 unspecified atom stereocenters. The van der Waals surface area contributed by atoms with E-state index in [1.807, 2.05) is 25.1 Å². The van der Waals surface area contributed by atoms with Gasteiger partial charge in [0, 0.05) is 12.1 Å². The number of thiazole rings is 1. The van der Waals surface area contributed by atoms with Crippen molar-refractivity contribution in [3.63, 3.8) is 0 Å². The topological polar surface area (TPSA) is 178 Å². The molecule has 0 spiro atoms. The molecule has 0 aliphatic rings. The third-order valence-corrected chi connectivity index (χ3v) is 5.54. The van der Waals surface area contributed by atoms with Crippen LogP contribution >= 0.6 is 11.3 Å². The number of aromatic nitrogens is 3. The van der Waals surface area contributed by atoms with Crippen LogP contribution in [0.5, 0.6) is 0 Å². The van der Waals surface area contributed by atoms with Crippen LogP contribution in [0.1, 0.15) is 11.1 Å². The maximum atomic E-state index is 12.2. The number of nitrogens with zero attached hydrogens (tertiary/aromatic N) is 5. The van der Waals surface area contributed by atoms with Crippen molar-refractivity contribution in [2.45, 2.75) is 13.3 Å². The molecular weight excluding hydrogens is 464 g/mol. The summed E-state index contributed by atoms with van der Waals surface area (Å²) in [5.41, 5.74) is 6.54. The normalized spacial score (nSPS) is 10.6. The summed E-state index contributed by atoms with van der Waals surface area (Å²) in [6.45, 7) is 1.95. The van der Waals surface area contributed by atoms with Crippen LogP contribution in [-0.4, -0.2) is 30.7 Å². The van der Waals surface area contributed by atoms with E-state index in [0.29, 0.717) is 10.7 Å². The number of nitrogens with one attached hydrogen (secondary N) is 3. The highest BCUT2D eigenvalue weighted by Crippen LogP contribution is 2.34. The molecule has 0 radical (unpaired) electrons. The molecule has 0 saturated carbocycles. The molecule has 0 saturated heterocycles. The third-order valence-electron chi connectivity index (χ3n) is 4.61. The van der Waals surface area contributed by atoms with E-state index in [9.17, 15) is 25.0 Å². The Morgan fingerprint density at radius 2 is 1.76 bits per heavy atom. The van der Waals surface area contributed by atoms with E-state index >= 15 is 0 Å². The molecule has 0 fully saturated rings. The Kier molecular flexibility index (Phi) is 6.22. The summed E-state index contributed by atoms with van der Waals surface area (Å²) in [7, 11) is 0. The first-order valence-corrected chi connectivity index (χ1v) is 10.5. The van der Waals surface area contributed by atoms with Crippen molar-refractivity contribution in [2.24, 2.45) is 0 Å².